The molecule has 2 atom stereocenters. The fraction of sp³-hybridized carbons (Fsp3) is 0.545. The minimum absolute atomic E-state index is 0.0407. The summed E-state index contributed by atoms with van der Waals surface area (Å²) in [5, 5.41) is 11.6. The normalized spacial score (nSPS) is 14.1. The van der Waals surface area contributed by atoms with Crippen molar-refractivity contribution in [3.05, 3.63) is 18.2 Å². The van der Waals surface area contributed by atoms with Gasteiger partial charge < -0.3 is 15.0 Å². The first-order chi connectivity index (χ1) is 7.91. The summed E-state index contributed by atoms with van der Waals surface area (Å²) >= 11 is 0. The van der Waals surface area contributed by atoms with Crippen LogP contribution in [0.4, 0.5) is 0 Å². The van der Waals surface area contributed by atoms with E-state index in [1.54, 1.807) is 31.1 Å². The lowest BCUT2D eigenvalue weighted by molar-refractivity contribution is -0.138. The van der Waals surface area contributed by atoms with Gasteiger partial charge in [-0.05, 0) is 6.92 Å². The van der Waals surface area contributed by atoms with Gasteiger partial charge in [0.2, 0.25) is 5.91 Å². The zero-order chi connectivity index (χ0) is 13.0. The molecule has 1 rings (SSSR count). The number of hydrogen-bond acceptors (Lipinski definition) is 3. The lowest BCUT2D eigenvalue weighted by Crippen LogP contribution is -2.37. The number of aryl methyl sites for hydroxylation is 1. The topological polar surface area (TPSA) is 84.2 Å². The summed E-state index contributed by atoms with van der Waals surface area (Å²) in [4.78, 5) is 25.9. The molecule has 1 heterocycles. The number of carboxylic acid groups (broad SMARTS) is 1. The lowest BCUT2D eigenvalue weighted by Gasteiger charge is -2.23. The third-order valence-corrected chi connectivity index (χ3v) is 2.66. The summed E-state index contributed by atoms with van der Waals surface area (Å²) in [6, 6.07) is -0.251. The average molecular weight is 239 g/mol. The van der Waals surface area contributed by atoms with E-state index < -0.39 is 5.97 Å². The van der Waals surface area contributed by atoms with Crippen molar-refractivity contribution >= 4 is 11.9 Å². The van der Waals surface area contributed by atoms with E-state index in [1.807, 2.05) is 0 Å². The molecule has 0 saturated carbocycles. The lowest BCUT2D eigenvalue weighted by atomic mass is 9.94. The van der Waals surface area contributed by atoms with Crippen LogP contribution < -0.4 is 5.32 Å². The average Bonchev–Trinajstić information content (AvgIpc) is 2.59. The molecule has 0 aliphatic carbocycles. The number of carbonyl (C=O) groups is 2. The molecular formula is C11H17N3O3. The maximum atomic E-state index is 11.0. The number of amides is 1. The number of hydrogen-bond donors (Lipinski definition) is 2. The van der Waals surface area contributed by atoms with Crippen molar-refractivity contribution in [3.8, 4) is 0 Å². The first kappa shape index (κ1) is 13.2. The minimum Gasteiger partial charge on any atom is -0.481 e. The van der Waals surface area contributed by atoms with E-state index in [0.29, 0.717) is 0 Å². The van der Waals surface area contributed by atoms with Crippen molar-refractivity contribution in [2.75, 3.05) is 0 Å². The van der Waals surface area contributed by atoms with Crippen LogP contribution in [0.15, 0.2) is 12.5 Å². The highest BCUT2D eigenvalue weighted by Gasteiger charge is 2.25. The number of aliphatic carboxylic acids is 1. The van der Waals surface area contributed by atoms with Crippen LogP contribution in [0, 0.1) is 0 Å². The van der Waals surface area contributed by atoms with Crippen molar-refractivity contribution < 1.29 is 14.7 Å². The zero-order valence-corrected chi connectivity index (χ0v) is 10.2. The number of nitrogens with one attached hydrogen (secondary N) is 1. The van der Waals surface area contributed by atoms with Crippen molar-refractivity contribution in [2.24, 2.45) is 7.05 Å². The van der Waals surface area contributed by atoms with Crippen molar-refractivity contribution in [1.29, 1.82) is 0 Å². The minimum atomic E-state index is -0.895. The van der Waals surface area contributed by atoms with E-state index in [4.69, 9.17) is 5.11 Å². The van der Waals surface area contributed by atoms with Crippen LogP contribution in [0.3, 0.4) is 0 Å². The quantitative estimate of drug-likeness (QED) is 0.783. The van der Waals surface area contributed by atoms with E-state index >= 15 is 0 Å². The van der Waals surface area contributed by atoms with E-state index in [2.05, 4.69) is 10.3 Å². The van der Waals surface area contributed by atoms with Crippen molar-refractivity contribution in [2.45, 2.75) is 32.2 Å². The van der Waals surface area contributed by atoms with Gasteiger partial charge in [0, 0.05) is 37.8 Å². The summed E-state index contributed by atoms with van der Waals surface area (Å²) in [7, 11) is 1.80. The molecule has 1 aromatic rings. The zero-order valence-electron chi connectivity index (χ0n) is 10.2. The molecular weight excluding hydrogens is 222 g/mol. The highest BCUT2D eigenvalue weighted by Crippen LogP contribution is 2.22. The van der Waals surface area contributed by atoms with Crippen LogP contribution in [0.25, 0.3) is 0 Å². The molecule has 2 unspecified atom stereocenters. The SMILES string of the molecule is CC(=O)NC(C)C(CC(=O)O)c1cncn1C. The molecule has 0 radical (unpaired) electrons. The second-order valence-electron chi connectivity index (χ2n) is 4.12. The second kappa shape index (κ2) is 5.47. The van der Waals surface area contributed by atoms with Crippen LogP contribution in [0.1, 0.15) is 31.9 Å². The summed E-state index contributed by atoms with van der Waals surface area (Å²) in [6.07, 6.45) is 3.21. The summed E-state index contributed by atoms with van der Waals surface area (Å²) in [6.45, 7) is 3.21. The van der Waals surface area contributed by atoms with E-state index in [-0.39, 0.29) is 24.3 Å². The van der Waals surface area contributed by atoms with E-state index in [9.17, 15) is 9.59 Å². The first-order valence-electron chi connectivity index (χ1n) is 5.37. The molecule has 6 heteroatoms. The Hall–Kier alpha value is -1.85. The molecule has 0 saturated heterocycles. The molecule has 1 aromatic heterocycles. The Morgan fingerprint density at radius 2 is 2.24 bits per heavy atom. The summed E-state index contributed by atoms with van der Waals surface area (Å²) in [5.74, 6) is -1.35. The number of imidazole rings is 1. The van der Waals surface area contributed by atoms with Gasteiger partial charge in [0.25, 0.3) is 0 Å². The molecule has 0 spiro atoms. The summed E-state index contributed by atoms with van der Waals surface area (Å²) < 4.78 is 1.77. The van der Waals surface area contributed by atoms with Crippen LogP contribution in [0.2, 0.25) is 0 Å². The van der Waals surface area contributed by atoms with Gasteiger partial charge in [0.05, 0.1) is 12.7 Å². The predicted molar refractivity (Wildman–Crippen MR) is 61.5 cm³/mol. The van der Waals surface area contributed by atoms with Crippen LogP contribution >= 0.6 is 0 Å². The Morgan fingerprint density at radius 3 is 2.65 bits per heavy atom. The maximum Gasteiger partial charge on any atom is 0.304 e. The number of carbonyl (C=O) groups excluding carboxylic acids is 1. The molecule has 0 aliphatic heterocycles. The first-order valence-corrected chi connectivity index (χ1v) is 5.37. The van der Waals surface area contributed by atoms with Crippen LogP contribution in [0.5, 0.6) is 0 Å². The van der Waals surface area contributed by atoms with Crippen molar-refractivity contribution in [1.82, 2.24) is 14.9 Å². The van der Waals surface area contributed by atoms with Gasteiger partial charge in [-0.3, -0.25) is 9.59 Å². The second-order valence-corrected chi connectivity index (χ2v) is 4.12. The standard InChI is InChI=1S/C11H17N3O3/c1-7(13-8(2)15)9(4-11(16)17)10-5-12-6-14(10)3/h5-7,9H,4H2,1-3H3,(H,13,15)(H,16,17). The highest BCUT2D eigenvalue weighted by molar-refractivity contribution is 5.73. The number of aromatic nitrogens is 2. The predicted octanol–water partition coefficient (Wildman–Crippen LogP) is 0.503. The Bertz CT molecular complexity index is 414. The Labute approximate surface area is 99.7 Å². The molecule has 17 heavy (non-hydrogen) atoms. The van der Waals surface area contributed by atoms with Gasteiger partial charge in [-0.25, -0.2) is 4.98 Å². The van der Waals surface area contributed by atoms with Crippen LogP contribution in [-0.2, 0) is 16.6 Å². The smallest absolute Gasteiger partial charge is 0.304 e. The van der Waals surface area contributed by atoms with Gasteiger partial charge >= 0.3 is 5.97 Å². The van der Waals surface area contributed by atoms with Gasteiger partial charge in [-0.15, -0.1) is 0 Å². The summed E-state index contributed by atoms with van der Waals surface area (Å²) in [5.41, 5.74) is 0.800. The highest BCUT2D eigenvalue weighted by atomic mass is 16.4. The molecule has 6 nitrogen and oxygen atoms in total. The molecule has 94 valence electrons. The van der Waals surface area contributed by atoms with E-state index in [1.165, 1.54) is 6.92 Å². The van der Waals surface area contributed by atoms with Gasteiger partial charge in [-0.2, -0.15) is 0 Å². The fourth-order valence-corrected chi connectivity index (χ4v) is 1.87. The molecule has 2 N–H and O–H groups in total. The third kappa shape index (κ3) is 3.58. The fourth-order valence-electron chi connectivity index (χ4n) is 1.87. The molecule has 0 aromatic carbocycles. The monoisotopic (exact) mass is 239 g/mol. The molecule has 0 fully saturated rings. The van der Waals surface area contributed by atoms with Gasteiger partial charge in [0.15, 0.2) is 0 Å². The number of carboxylic acids is 1. The maximum absolute atomic E-state index is 11.0. The largest absolute Gasteiger partial charge is 0.481 e. The number of nitrogens with zero attached hydrogens (tertiary/aromatic N) is 2. The third-order valence-electron chi connectivity index (χ3n) is 2.66. The molecule has 0 bridgehead atoms. The van der Waals surface area contributed by atoms with Crippen LogP contribution in [-0.4, -0.2) is 32.6 Å². The Morgan fingerprint density at radius 1 is 1.59 bits per heavy atom. The van der Waals surface area contributed by atoms with Gasteiger partial charge in [-0.1, -0.05) is 0 Å². The van der Waals surface area contributed by atoms with Gasteiger partial charge in [0.1, 0.15) is 0 Å². The van der Waals surface area contributed by atoms with E-state index in [0.717, 1.165) is 5.69 Å². The Balaban J connectivity index is 2.91. The van der Waals surface area contributed by atoms with Crippen molar-refractivity contribution in [3.63, 3.8) is 0 Å². The Kier molecular flexibility index (Phi) is 4.25. The molecule has 1 amide bonds. The molecule has 0 aliphatic rings. The number of rotatable bonds is 5.